The van der Waals surface area contributed by atoms with E-state index in [1.807, 2.05) is 35.7 Å². The van der Waals surface area contributed by atoms with Gasteiger partial charge >= 0.3 is 0 Å². The summed E-state index contributed by atoms with van der Waals surface area (Å²) in [6.07, 6.45) is 0. The lowest BCUT2D eigenvalue weighted by molar-refractivity contribution is 0.101. The van der Waals surface area contributed by atoms with Crippen LogP contribution in [-0.2, 0) is 0 Å². The maximum absolute atomic E-state index is 12.7. The molecule has 1 amide bonds. The minimum absolute atomic E-state index is 0.0512. The Morgan fingerprint density at radius 1 is 1.06 bits per heavy atom. The van der Waals surface area contributed by atoms with Gasteiger partial charge in [0.15, 0.2) is 16.6 Å². The molecule has 0 aliphatic heterocycles. The Hall–Kier alpha value is -3.43. The Morgan fingerprint density at radius 2 is 1.81 bits per heavy atom. The smallest absolute Gasteiger partial charge is 0.297 e. The van der Waals surface area contributed by atoms with E-state index in [4.69, 9.17) is 21.1 Å². The van der Waals surface area contributed by atoms with Gasteiger partial charge in [0.25, 0.3) is 5.91 Å². The number of methoxy groups -OCH3 is 2. The predicted octanol–water partition coefficient (Wildman–Crippen LogP) is 4.62. The molecule has 0 aliphatic rings. The van der Waals surface area contributed by atoms with E-state index < -0.39 is 5.91 Å². The number of halogens is 1. The molecule has 0 radical (unpaired) electrons. The summed E-state index contributed by atoms with van der Waals surface area (Å²) in [6, 6.07) is 12.6. The van der Waals surface area contributed by atoms with Gasteiger partial charge < -0.3 is 9.47 Å². The van der Waals surface area contributed by atoms with Gasteiger partial charge in [-0.3, -0.25) is 10.1 Å². The minimum atomic E-state index is -0.441. The van der Waals surface area contributed by atoms with Crippen molar-refractivity contribution in [1.82, 2.24) is 19.7 Å². The zero-order valence-electron chi connectivity index (χ0n) is 16.9. The third-order valence-electron chi connectivity index (χ3n) is 4.45. The van der Waals surface area contributed by atoms with E-state index in [0.717, 1.165) is 11.3 Å². The Bertz CT molecular complexity index is 1240. The lowest BCUT2D eigenvalue weighted by Gasteiger charge is -2.08. The summed E-state index contributed by atoms with van der Waals surface area (Å²) in [5.74, 6) is 1.43. The number of anilines is 1. The molecule has 0 spiro atoms. The van der Waals surface area contributed by atoms with Crippen molar-refractivity contribution in [3.8, 4) is 28.4 Å². The fourth-order valence-electron chi connectivity index (χ4n) is 2.93. The fourth-order valence-corrected chi connectivity index (χ4v) is 3.77. The number of amides is 1. The average Bonchev–Trinajstić information content (AvgIpc) is 3.40. The lowest BCUT2D eigenvalue weighted by Crippen LogP contribution is -2.14. The molecule has 4 rings (SSSR count). The number of thiazole rings is 1. The van der Waals surface area contributed by atoms with Crippen LogP contribution in [0.5, 0.6) is 11.5 Å². The van der Waals surface area contributed by atoms with E-state index in [9.17, 15) is 4.79 Å². The van der Waals surface area contributed by atoms with Crippen LogP contribution in [0.4, 0.5) is 5.13 Å². The number of aryl methyl sites for hydroxylation is 1. The molecule has 0 atom stereocenters. The maximum Gasteiger partial charge on any atom is 0.297 e. The van der Waals surface area contributed by atoms with Gasteiger partial charge in [-0.25, -0.2) is 14.6 Å². The second-order valence-electron chi connectivity index (χ2n) is 6.43. The fraction of sp³-hybridized carbons (Fsp3) is 0.143. The van der Waals surface area contributed by atoms with E-state index in [1.54, 1.807) is 38.0 Å². The van der Waals surface area contributed by atoms with Gasteiger partial charge in [0.2, 0.25) is 5.82 Å². The summed E-state index contributed by atoms with van der Waals surface area (Å²) in [5.41, 5.74) is 2.31. The Balaban J connectivity index is 1.52. The molecule has 0 saturated carbocycles. The molecule has 2 aromatic carbocycles. The molecule has 0 saturated heterocycles. The van der Waals surface area contributed by atoms with Gasteiger partial charge in [0.05, 0.1) is 25.6 Å². The topological polar surface area (TPSA) is 91.2 Å². The Kier molecular flexibility index (Phi) is 5.88. The molecule has 2 aromatic heterocycles. The lowest BCUT2D eigenvalue weighted by atomic mass is 10.1. The molecule has 10 heteroatoms. The van der Waals surface area contributed by atoms with Gasteiger partial charge in [0.1, 0.15) is 5.82 Å². The van der Waals surface area contributed by atoms with Gasteiger partial charge in [-0.15, -0.1) is 16.4 Å². The van der Waals surface area contributed by atoms with Gasteiger partial charge in [0, 0.05) is 16.0 Å². The maximum atomic E-state index is 12.7. The van der Waals surface area contributed by atoms with Crippen LogP contribution < -0.4 is 14.8 Å². The van der Waals surface area contributed by atoms with Crippen molar-refractivity contribution in [2.75, 3.05) is 19.5 Å². The zero-order chi connectivity index (χ0) is 22.0. The van der Waals surface area contributed by atoms with Crippen molar-refractivity contribution in [3.63, 3.8) is 0 Å². The third kappa shape index (κ3) is 4.37. The first-order valence-electron chi connectivity index (χ1n) is 9.17. The highest BCUT2D eigenvalue weighted by Gasteiger charge is 2.17. The summed E-state index contributed by atoms with van der Waals surface area (Å²) in [4.78, 5) is 21.4. The van der Waals surface area contributed by atoms with Crippen LogP contribution in [0.15, 0.2) is 47.8 Å². The first-order valence-corrected chi connectivity index (χ1v) is 10.4. The summed E-state index contributed by atoms with van der Waals surface area (Å²) in [7, 11) is 3.16. The largest absolute Gasteiger partial charge is 0.493 e. The van der Waals surface area contributed by atoms with Crippen molar-refractivity contribution in [1.29, 1.82) is 0 Å². The SMILES string of the molecule is COc1ccc(-c2csc(NC(=O)c3nc(C)n(-c4ccc(Cl)cc4)n3)n2)cc1OC. The number of benzene rings is 2. The van der Waals surface area contributed by atoms with Crippen molar-refractivity contribution in [3.05, 3.63) is 64.5 Å². The number of rotatable bonds is 6. The second kappa shape index (κ2) is 8.75. The molecule has 0 fully saturated rings. The number of nitrogens with one attached hydrogen (secondary N) is 1. The molecule has 31 heavy (non-hydrogen) atoms. The number of carbonyl (C=O) groups is 1. The molecule has 8 nitrogen and oxygen atoms in total. The van der Waals surface area contributed by atoms with Crippen molar-refractivity contribution in [2.45, 2.75) is 6.92 Å². The van der Waals surface area contributed by atoms with Crippen molar-refractivity contribution >= 4 is 34.0 Å². The Labute approximate surface area is 187 Å². The molecule has 0 unspecified atom stereocenters. The van der Waals surface area contributed by atoms with Crippen LogP contribution in [0.1, 0.15) is 16.4 Å². The molecular formula is C21H18ClN5O3S. The van der Waals surface area contributed by atoms with Crippen LogP contribution >= 0.6 is 22.9 Å². The standard InChI is InChI=1S/C21H18ClN5O3S/c1-12-23-19(26-27(12)15-7-5-14(22)6-8-15)20(28)25-21-24-16(11-31-21)13-4-9-17(29-2)18(10-13)30-3/h4-11H,1-3H3,(H,24,25,28). The predicted molar refractivity (Wildman–Crippen MR) is 120 cm³/mol. The van der Waals surface area contributed by atoms with Gasteiger partial charge in [-0.2, -0.15) is 0 Å². The molecule has 0 bridgehead atoms. The number of nitrogens with zero attached hydrogens (tertiary/aromatic N) is 4. The summed E-state index contributed by atoms with van der Waals surface area (Å²) >= 11 is 7.24. The van der Waals surface area contributed by atoms with E-state index in [2.05, 4.69) is 20.4 Å². The summed E-state index contributed by atoms with van der Waals surface area (Å²) in [5, 5.41) is 9.97. The van der Waals surface area contributed by atoms with E-state index in [-0.39, 0.29) is 5.82 Å². The Morgan fingerprint density at radius 3 is 2.52 bits per heavy atom. The summed E-state index contributed by atoms with van der Waals surface area (Å²) in [6.45, 7) is 1.77. The van der Waals surface area contributed by atoms with Crippen LogP contribution in [0.25, 0.3) is 16.9 Å². The van der Waals surface area contributed by atoms with Crippen molar-refractivity contribution in [2.24, 2.45) is 0 Å². The van der Waals surface area contributed by atoms with Crippen LogP contribution in [0.2, 0.25) is 5.02 Å². The number of aromatic nitrogens is 4. The van der Waals surface area contributed by atoms with Gasteiger partial charge in [-0.1, -0.05) is 11.6 Å². The average molecular weight is 456 g/mol. The number of hydrogen-bond acceptors (Lipinski definition) is 7. The van der Waals surface area contributed by atoms with Crippen LogP contribution in [0.3, 0.4) is 0 Å². The molecule has 2 heterocycles. The molecule has 1 N–H and O–H groups in total. The highest BCUT2D eigenvalue weighted by atomic mass is 35.5. The van der Waals surface area contributed by atoms with E-state index in [1.165, 1.54) is 11.3 Å². The minimum Gasteiger partial charge on any atom is -0.493 e. The summed E-state index contributed by atoms with van der Waals surface area (Å²) < 4.78 is 12.2. The first-order chi connectivity index (χ1) is 15.0. The van der Waals surface area contributed by atoms with Gasteiger partial charge in [-0.05, 0) is 49.4 Å². The van der Waals surface area contributed by atoms with E-state index >= 15 is 0 Å². The van der Waals surface area contributed by atoms with Crippen LogP contribution in [0, 0.1) is 6.92 Å². The van der Waals surface area contributed by atoms with Crippen molar-refractivity contribution < 1.29 is 14.3 Å². The molecule has 158 valence electrons. The number of ether oxygens (including phenoxy) is 2. The third-order valence-corrected chi connectivity index (χ3v) is 5.46. The normalized spacial score (nSPS) is 10.7. The number of hydrogen-bond donors (Lipinski definition) is 1. The first kappa shape index (κ1) is 20.8. The highest BCUT2D eigenvalue weighted by molar-refractivity contribution is 7.14. The zero-order valence-corrected chi connectivity index (χ0v) is 18.5. The number of carbonyl (C=O) groups excluding carboxylic acids is 1. The highest BCUT2D eigenvalue weighted by Crippen LogP contribution is 2.33. The quantitative estimate of drug-likeness (QED) is 0.456. The van der Waals surface area contributed by atoms with E-state index in [0.29, 0.717) is 33.2 Å². The monoisotopic (exact) mass is 455 g/mol. The molecule has 0 aliphatic carbocycles. The second-order valence-corrected chi connectivity index (χ2v) is 7.73. The van der Waals surface area contributed by atoms with Crippen LogP contribution in [-0.4, -0.2) is 39.9 Å². The molecule has 4 aromatic rings. The molecular weight excluding hydrogens is 438 g/mol.